The predicted molar refractivity (Wildman–Crippen MR) is 112 cm³/mol. The molecule has 3 N–H and O–H groups in total. The van der Waals surface area contributed by atoms with Crippen LogP contribution in [0.3, 0.4) is 0 Å². The molecule has 2 heterocycles. The van der Waals surface area contributed by atoms with Crippen molar-refractivity contribution in [3.8, 4) is 17.1 Å². The van der Waals surface area contributed by atoms with Crippen molar-refractivity contribution in [2.24, 2.45) is 5.73 Å². The fraction of sp³-hybridized carbons (Fsp3) is 0.182. The van der Waals surface area contributed by atoms with Crippen LogP contribution in [0.2, 0.25) is 0 Å². The Labute approximate surface area is 171 Å². The number of carbonyl (C=O) groups is 1. The van der Waals surface area contributed by atoms with Gasteiger partial charge in [0.15, 0.2) is 17.2 Å². The number of hydrogen-bond acceptors (Lipinski definition) is 4. The average molecular weight is 405 g/mol. The van der Waals surface area contributed by atoms with Gasteiger partial charge in [-0.2, -0.15) is 0 Å². The molecule has 2 aromatic carbocycles. The highest BCUT2D eigenvalue weighted by Gasteiger charge is 2.21. The molecule has 0 radical (unpaired) electrons. The molecule has 0 spiro atoms. The topological polar surface area (TPSA) is 107 Å². The van der Waals surface area contributed by atoms with E-state index in [2.05, 4.69) is 35.7 Å². The van der Waals surface area contributed by atoms with Crippen LogP contribution in [0.1, 0.15) is 36.8 Å². The van der Waals surface area contributed by atoms with Crippen LogP contribution in [0, 0.1) is 5.82 Å². The lowest BCUT2D eigenvalue weighted by molar-refractivity contribution is 0.0997. The highest BCUT2D eigenvalue weighted by Crippen LogP contribution is 2.25. The van der Waals surface area contributed by atoms with E-state index in [1.807, 2.05) is 24.3 Å². The van der Waals surface area contributed by atoms with Crippen molar-refractivity contribution in [1.82, 2.24) is 19.5 Å². The molecule has 0 aliphatic heterocycles. The minimum atomic E-state index is -0.803. The molecule has 4 aromatic rings. The van der Waals surface area contributed by atoms with Gasteiger partial charge in [-0.25, -0.2) is 23.7 Å². The van der Waals surface area contributed by atoms with Gasteiger partial charge in [0.25, 0.3) is 5.91 Å². The van der Waals surface area contributed by atoms with Gasteiger partial charge in [0.05, 0.1) is 5.69 Å². The van der Waals surface area contributed by atoms with E-state index in [9.17, 15) is 14.0 Å². The summed E-state index contributed by atoms with van der Waals surface area (Å²) in [6.45, 7) is 6.30. The molecule has 7 nitrogen and oxygen atoms in total. The number of nitrogens with one attached hydrogen (secondary N) is 1. The van der Waals surface area contributed by atoms with Gasteiger partial charge in [-0.15, -0.1) is 0 Å². The number of imidazole rings is 1. The maximum atomic E-state index is 13.3. The van der Waals surface area contributed by atoms with E-state index in [0.29, 0.717) is 11.3 Å². The molecule has 0 bridgehead atoms. The van der Waals surface area contributed by atoms with E-state index in [4.69, 9.17) is 5.73 Å². The average Bonchev–Trinajstić information content (AvgIpc) is 3.02. The zero-order chi connectivity index (χ0) is 21.6. The molecule has 152 valence electrons. The quantitative estimate of drug-likeness (QED) is 0.545. The largest absolute Gasteiger partial charge is 0.364 e. The molecular formula is C22H20FN5O2. The van der Waals surface area contributed by atoms with Crippen LogP contribution in [-0.2, 0) is 5.41 Å². The summed E-state index contributed by atoms with van der Waals surface area (Å²) in [6.07, 6.45) is 0. The standard InChI is InChI=1S/C22H20FN5O2/c1-22(2,3)13-6-10-15(11-7-13)28-20-17(26-21(28)30)16(18(24)29)25-19(27-20)12-4-8-14(23)9-5-12/h4-11H,1-3H3,(H2,24,29)(H,26,30). The second kappa shape index (κ2) is 6.91. The number of fused-ring (bicyclic) bond motifs is 1. The summed E-state index contributed by atoms with van der Waals surface area (Å²) in [5.74, 6) is -1.05. The van der Waals surface area contributed by atoms with Gasteiger partial charge in [0, 0.05) is 5.56 Å². The molecule has 1 amide bonds. The van der Waals surface area contributed by atoms with Gasteiger partial charge in [0.1, 0.15) is 11.3 Å². The Bertz CT molecular complexity index is 1310. The van der Waals surface area contributed by atoms with Crippen LogP contribution in [0.15, 0.2) is 53.3 Å². The third-order valence-corrected chi connectivity index (χ3v) is 4.86. The molecule has 0 aliphatic rings. The van der Waals surface area contributed by atoms with Gasteiger partial charge in [-0.1, -0.05) is 32.9 Å². The van der Waals surface area contributed by atoms with Gasteiger partial charge in [-0.3, -0.25) is 4.79 Å². The first-order chi connectivity index (χ1) is 14.1. The Morgan fingerprint density at radius 2 is 1.67 bits per heavy atom. The summed E-state index contributed by atoms with van der Waals surface area (Å²) in [5, 5.41) is 0. The van der Waals surface area contributed by atoms with Gasteiger partial charge < -0.3 is 10.7 Å². The van der Waals surface area contributed by atoms with Crippen LogP contribution < -0.4 is 11.4 Å². The minimum absolute atomic E-state index is 0.0409. The summed E-state index contributed by atoms with van der Waals surface area (Å²) >= 11 is 0. The second-order valence-corrected chi connectivity index (χ2v) is 8.03. The maximum absolute atomic E-state index is 13.3. The van der Waals surface area contributed by atoms with Crippen molar-refractivity contribution in [1.29, 1.82) is 0 Å². The van der Waals surface area contributed by atoms with Crippen LogP contribution >= 0.6 is 0 Å². The highest BCUT2D eigenvalue weighted by molar-refractivity contribution is 6.02. The third-order valence-electron chi connectivity index (χ3n) is 4.86. The van der Waals surface area contributed by atoms with Crippen molar-refractivity contribution in [2.45, 2.75) is 26.2 Å². The Kier molecular flexibility index (Phi) is 4.49. The minimum Gasteiger partial charge on any atom is -0.364 e. The molecule has 8 heteroatoms. The lowest BCUT2D eigenvalue weighted by Crippen LogP contribution is -2.16. The van der Waals surface area contributed by atoms with E-state index in [0.717, 1.165) is 5.56 Å². The zero-order valence-corrected chi connectivity index (χ0v) is 16.7. The van der Waals surface area contributed by atoms with E-state index in [1.165, 1.54) is 28.8 Å². The van der Waals surface area contributed by atoms with Crippen molar-refractivity contribution >= 4 is 17.1 Å². The summed E-state index contributed by atoms with van der Waals surface area (Å²) in [6, 6.07) is 13.0. The van der Waals surface area contributed by atoms with Gasteiger partial charge >= 0.3 is 5.69 Å². The highest BCUT2D eigenvalue weighted by atomic mass is 19.1. The lowest BCUT2D eigenvalue weighted by Gasteiger charge is -2.19. The molecule has 0 unspecified atom stereocenters. The molecule has 4 rings (SSSR count). The summed E-state index contributed by atoms with van der Waals surface area (Å²) in [4.78, 5) is 36.0. The van der Waals surface area contributed by atoms with E-state index in [1.54, 1.807) is 0 Å². The van der Waals surface area contributed by atoms with Crippen molar-refractivity contribution in [2.75, 3.05) is 0 Å². The number of aromatic amines is 1. The molecule has 0 atom stereocenters. The molecule has 0 fully saturated rings. The summed E-state index contributed by atoms with van der Waals surface area (Å²) in [5.41, 5.74) is 7.42. The zero-order valence-electron chi connectivity index (χ0n) is 16.7. The van der Waals surface area contributed by atoms with Crippen LogP contribution in [0.25, 0.3) is 28.2 Å². The SMILES string of the molecule is CC(C)(C)c1ccc(-n2c(=O)[nH]c3c(C(N)=O)nc(-c4ccc(F)cc4)nc32)cc1. The predicted octanol–water partition coefficient (Wildman–Crippen LogP) is 3.31. The number of nitrogens with zero attached hydrogens (tertiary/aromatic N) is 3. The first-order valence-electron chi connectivity index (χ1n) is 9.34. The fourth-order valence-electron chi connectivity index (χ4n) is 3.24. The molecule has 0 saturated heterocycles. The summed E-state index contributed by atoms with van der Waals surface area (Å²) in [7, 11) is 0. The molecule has 0 aliphatic carbocycles. The number of carbonyl (C=O) groups excluding carboxylic acids is 1. The fourth-order valence-corrected chi connectivity index (χ4v) is 3.24. The van der Waals surface area contributed by atoms with Crippen molar-refractivity contribution in [3.63, 3.8) is 0 Å². The van der Waals surface area contributed by atoms with Crippen LogP contribution in [0.5, 0.6) is 0 Å². The number of nitrogens with two attached hydrogens (primary N) is 1. The number of aromatic nitrogens is 4. The molecule has 30 heavy (non-hydrogen) atoms. The van der Waals surface area contributed by atoms with Gasteiger partial charge in [-0.05, 0) is 47.4 Å². The number of H-pyrrole nitrogens is 1. The molecular weight excluding hydrogens is 385 g/mol. The molecule has 2 aromatic heterocycles. The molecule has 0 saturated carbocycles. The van der Waals surface area contributed by atoms with Crippen molar-refractivity contribution < 1.29 is 9.18 Å². The van der Waals surface area contributed by atoms with Crippen LogP contribution in [0.4, 0.5) is 4.39 Å². The maximum Gasteiger partial charge on any atom is 0.332 e. The summed E-state index contributed by atoms with van der Waals surface area (Å²) < 4.78 is 14.7. The second-order valence-electron chi connectivity index (χ2n) is 8.03. The number of amides is 1. The Morgan fingerprint density at radius 3 is 2.23 bits per heavy atom. The van der Waals surface area contributed by atoms with Crippen LogP contribution in [-0.4, -0.2) is 25.4 Å². The normalized spacial score (nSPS) is 11.7. The number of hydrogen-bond donors (Lipinski definition) is 2. The number of benzene rings is 2. The third kappa shape index (κ3) is 3.36. The number of primary amides is 1. The van der Waals surface area contributed by atoms with E-state index < -0.39 is 17.4 Å². The van der Waals surface area contributed by atoms with Crippen molar-refractivity contribution in [3.05, 3.63) is 76.1 Å². The van der Waals surface area contributed by atoms with E-state index >= 15 is 0 Å². The van der Waals surface area contributed by atoms with E-state index in [-0.39, 0.29) is 28.1 Å². The first kappa shape index (κ1) is 19.5. The Balaban J connectivity index is 1.97. The number of halogens is 1. The number of rotatable bonds is 3. The lowest BCUT2D eigenvalue weighted by atomic mass is 9.87. The Hall–Kier alpha value is -3.81. The monoisotopic (exact) mass is 405 g/mol. The smallest absolute Gasteiger partial charge is 0.332 e. The first-order valence-corrected chi connectivity index (χ1v) is 9.34. The van der Waals surface area contributed by atoms with Gasteiger partial charge in [0.2, 0.25) is 0 Å². The Morgan fingerprint density at radius 1 is 1.03 bits per heavy atom.